The summed E-state index contributed by atoms with van der Waals surface area (Å²) in [5.41, 5.74) is 0. The lowest BCUT2D eigenvalue weighted by Gasteiger charge is -2.22. The number of rotatable bonds is 32. The molecule has 0 saturated carbocycles. The molecule has 0 aliphatic carbocycles. The molecule has 0 unspecified atom stereocenters. The van der Waals surface area contributed by atoms with Crippen LogP contribution in [0.2, 0.25) is 0 Å². The maximum Gasteiger partial charge on any atom is 0.220 e. The van der Waals surface area contributed by atoms with Crippen molar-refractivity contribution in [3.05, 3.63) is 12.2 Å². The van der Waals surface area contributed by atoms with Crippen molar-refractivity contribution in [2.75, 3.05) is 6.61 Å². The first-order valence-corrected chi connectivity index (χ1v) is 17.9. The Hall–Kier alpha value is -0.870. The lowest BCUT2D eigenvalue weighted by Crippen LogP contribution is -2.45. The molecule has 2 atom stereocenters. The second kappa shape index (κ2) is 32.6. The highest BCUT2D eigenvalue weighted by atomic mass is 16.3. The van der Waals surface area contributed by atoms with Crippen molar-refractivity contribution in [1.29, 1.82) is 0 Å². The Morgan fingerprint density at radius 3 is 1.38 bits per heavy atom. The highest BCUT2D eigenvalue weighted by molar-refractivity contribution is 5.76. The van der Waals surface area contributed by atoms with Crippen LogP contribution in [0.15, 0.2) is 12.2 Å². The molecule has 4 heteroatoms. The molecular weight excluding hydrogens is 494 g/mol. The van der Waals surface area contributed by atoms with E-state index in [4.69, 9.17) is 0 Å². The number of carbonyl (C=O) groups excluding carboxylic acids is 1. The number of nitrogens with one attached hydrogen (secondary N) is 1. The smallest absolute Gasteiger partial charge is 0.220 e. The first-order valence-electron chi connectivity index (χ1n) is 17.9. The molecule has 3 N–H and O–H groups in total. The van der Waals surface area contributed by atoms with E-state index in [9.17, 15) is 15.0 Å². The number of aliphatic hydroxyl groups is 2. The van der Waals surface area contributed by atoms with E-state index in [1.807, 2.05) is 0 Å². The number of aliphatic hydroxyl groups excluding tert-OH is 2. The summed E-state index contributed by atoms with van der Waals surface area (Å²) < 4.78 is 0. The molecule has 0 saturated heterocycles. The Morgan fingerprint density at radius 1 is 0.575 bits per heavy atom. The highest BCUT2D eigenvalue weighted by Crippen LogP contribution is 2.14. The van der Waals surface area contributed by atoms with Gasteiger partial charge < -0.3 is 15.5 Å². The van der Waals surface area contributed by atoms with Crippen LogP contribution in [-0.2, 0) is 4.79 Å². The number of hydrogen-bond acceptors (Lipinski definition) is 3. The van der Waals surface area contributed by atoms with Crippen LogP contribution in [0.4, 0.5) is 0 Å². The fraction of sp³-hybridized carbons (Fsp3) is 0.917. The van der Waals surface area contributed by atoms with Gasteiger partial charge in [0.25, 0.3) is 0 Å². The second-order valence-electron chi connectivity index (χ2n) is 12.3. The van der Waals surface area contributed by atoms with E-state index < -0.39 is 12.1 Å². The molecule has 1 amide bonds. The quantitative estimate of drug-likeness (QED) is 0.0561. The lowest BCUT2D eigenvalue weighted by atomic mass is 10.0. The Morgan fingerprint density at radius 2 is 0.950 bits per heavy atom. The van der Waals surface area contributed by atoms with Gasteiger partial charge in [-0.15, -0.1) is 0 Å². The van der Waals surface area contributed by atoms with Crippen molar-refractivity contribution in [2.45, 2.75) is 206 Å². The summed E-state index contributed by atoms with van der Waals surface area (Å²) in [7, 11) is 0. The molecule has 0 aliphatic heterocycles. The summed E-state index contributed by atoms with van der Waals surface area (Å²) in [5, 5.41) is 23.0. The van der Waals surface area contributed by atoms with Crippen LogP contribution in [-0.4, -0.2) is 34.9 Å². The predicted molar refractivity (Wildman–Crippen MR) is 175 cm³/mol. The minimum atomic E-state index is -0.674. The summed E-state index contributed by atoms with van der Waals surface area (Å²) in [6.45, 7) is 4.33. The van der Waals surface area contributed by atoms with Crippen LogP contribution >= 0.6 is 0 Å². The van der Waals surface area contributed by atoms with Gasteiger partial charge >= 0.3 is 0 Å². The Kier molecular flexibility index (Phi) is 31.9. The maximum atomic E-state index is 12.3. The van der Waals surface area contributed by atoms with Crippen molar-refractivity contribution in [2.24, 2.45) is 0 Å². The summed E-state index contributed by atoms with van der Waals surface area (Å²) >= 11 is 0. The number of amides is 1. The van der Waals surface area contributed by atoms with Gasteiger partial charge in [-0.05, 0) is 38.5 Å². The molecule has 0 aromatic carbocycles. The number of allylic oxidation sites excluding steroid dienone is 2. The van der Waals surface area contributed by atoms with Gasteiger partial charge in [0.05, 0.1) is 18.8 Å². The monoisotopic (exact) mass is 566 g/mol. The van der Waals surface area contributed by atoms with Crippen molar-refractivity contribution >= 4 is 5.91 Å². The molecular formula is C36H71NO3. The summed E-state index contributed by atoms with van der Waals surface area (Å²) in [6, 6.07) is -0.545. The molecule has 0 radical (unpaired) electrons. The molecule has 0 bridgehead atoms. The summed E-state index contributed by atoms with van der Waals surface area (Å²) in [6.07, 6.45) is 38.3. The van der Waals surface area contributed by atoms with E-state index in [2.05, 4.69) is 31.3 Å². The molecule has 0 aliphatic rings. The minimum Gasteiger partial charge on any atom is -0.394 e. The van der Waals surface area contributed by atoms with Crippen molar-refractivity contribution < 1.29 is 15.0 Å². The maximum absolute atomic E-state index is 12.3. The minimum absolute atomic E-state index is 0.0407. The van der Waals surface area contributed by atoms with E-state index in [1.54, 1.807) is 0 Å². The second-order valence-corrected chi connectivity index (χ2v) is 12.3. The van der Waals surface area contributed by atoms with Crippen molar-refractivity contribution in [3.63, 3.8) is 0 Å². The molecule has 4 nitrogen and oxygen atoms in total. The average molecular weight is 566 g/mol. The third-order valence-corrected chi connectivity index (χ3v) is 8.28. The Bertz CT molecular complexity index is 536. The predicted octanol–water partition coefficient (Wildman–Crippen LogP) is 10.3. The largest absolute Gasteiger partial charge is 0.394 e. The van der Waals surface area contributed by atoms with Crippen molar-refractivity contribution in [1.82, 2.24) is 5.32 Å². The Labute approximate surface area is 250 Å². The van der Waals surface area contributed by atoms with Crippen LogP contribution in [0.3, 0.4) is 0 Å². The summed E-state index contributed by atoms with van der Waals surface area (Å²) in [4.78, 5) is 12.3. The van der Waals surface area contributed by atoms with Gasteiger partial charge in [-0.3, -0.25) is 4.79 Å². The van der Waals surface area contributed by atoms with E-state index in [0.29, 0.717) is 12.8 Å². The number of hydrogen-bond donors (Lipinski definition) is 3. The first kappa shape index (κ1) is 39.1. The standard InChI is InChI=1S/C36H71NO3/c1-3-5-7-9-11-13-15-17-18-20-22-24-26-28-30-32-36(40)37-34(33-38)35(39)31-29-27-25-23-21-19-16-14-12-10-8-6-4-2/h21,23,34-35,38-39H,3-20,22,24-33H2,1-2H3,(H,37,40)/b23-21-/t34-,35+/m0/s1. The fourth-order valence-electron chi connectivity index (χ4n) is 5.47. The van der Waals surface area contributed by atoms with E-state index in [1.165, 1.54) is 135 Å². The van der Waals surface area contributed by atoms with Gasteiger partial charge in [0.15, 0.2) is 0 Å². The van der Waals surface area contributed by atoms with Gasteiger partial charge in [0, 0.05) is 6.42 Å². The molecule has 0 rings (SSSR count). The zero-order valence-electron chi connectivity index (χ0n) is 27.1. The molecule has 0 aromatic rings. The topological polar surface area (TPSA) is 69.6 Å². The van der Waals surface area contributed by atoms with Crippen LogP contribution in [0.5, 0.6) is 0 Å². The molecule has 238 valence electrons. The molecule has 0 spiro atoms. The van der Waals surface area contributed by atoms with Crippen LogP contribution in [0, 0.1) is 0 Å². The Balaban J connectivity index is 3.58. The highest BCUT2D eigenvalue weighted by Gasteiger charge is 2.19. The average Bonchev–Trinajstić information content (AvgIpc) is 2.96. The molecule has 40 heavy (non-hydrogen) atoms. The van der Waals surface area contributed by atoms with E-state index in [0.717, 1.165) is 32.1 Å². The normalized spacial score (nSPS) is 13.2. The fourth-order valence-corrected chi connectivity index (χ4v) is 5.47. The van der Waals surface area contributed by atoms with Gasteiger partial charge in [-0.25, -0.2) is 0 Å². The van der Waals surface area contributed by atoms with Crippen LogP contribution in [0.1, 0.15) is 194 Å². The van der Waals surface area contributed by atoms with E-state index in [-0.39, 0.29) is 12.5 Å². The molecule has 0 heterocycles. The van der Waals surface area contributed by atoms with Crippen molar-refractivity contribution in [3.8, 4) is 0 Å². The van der Waals surface area contributed by atoms with Gasteiger partial charge in [0.2, 0.25) is 5.91 Å². The van der Waals surface area contributed by atoms with Crippen LogP contribution < -0.4 is 5.32 Å². The number of carbonyl (C=O) groups is 1. The van der Waals surface area contributed by atoms with Gasteiger partial charge in [-0.1, -0.05) is 161 Å². The molecule has 0 aromatic heterocycles. The molecule has 0 fully saturated rings. The number of unbranched alkanes of at least 4 members (excludes halogenated alkanes) is 23. The SMILES string of the molecule is CCCCCCCCC/C=C\CCCC[C@@H](O)[C@H](CO)NC(=O)CCCCCCCCCCCCCCCCC. The third-order valence-electron chi connectivity index (χ3n) is 8.28. The zero-order chi connectivity index (χ0) is 29.4. The van der Waals surface area contributed by atoms with Gasteiger partial charge in [-0.2, -0.15) is 0 Å². The first-order chi connectivity index (χ1) is 19.7. The zero-order valence-corrected chi connectivity index (χ0v) is 27.1. The van der Waals surface area contributed by atoms with Crippen LogP contribution in [0.25, 0.3) is 0 Å². The van der Waals surface area contributed by atoms with E-state index >= 15 is 0 Å². The van der Waals surface area contributed by atoms with Gasteiger partial charge in [0.1, 0.15) is 0 Å². The third kappa shape index (κ3) is 28.7. The summed E-state index contributed by atoms with van der Waals surface area (Å²) in [5.74, 6) is -0.0407. The lowest BCUT2D eigenvalue weighted by molar-refractivity contribution is -0.123.